The Kier molecular flexibility index (Phi) is 3.48. The molecule has 19 heavy (non-hydrogen) atoms. The summed E-state index contributed by atoms with van der Waals surface area (Å²) >= 11 is 2.00. The Morgan fingerprint density at radius 2 is 2.37 bits per heavy atom. The van der Waals surface area contributed by atoms with Crippen LogP contribution in [-0.2, 0) is 6.42 Å². The van der Waals surface area contributed by atoms with Crippen molar-refractivity contribution in [2.45, 2.75) is 37.0 Å². The summed E-state index contributed by atoms with van der Waals surface area (Å²) < 4.78 is 13.6. The number of benzene rings is 1. The van der Waals surface area contributed by atoms with E-state index in [4.69, 9.17) is 5.73 Å². The van der Waals surface area contributed by atoms with Crippen LogP contribution in [0.4, 0.5) is 10.1 Å². The fraction of sp³-hybridized carbons (Fsp3) is 0.600. The van der Waals surface area contributed by atoms with Crippen LogP contribution in [0.2, 0.25) is 0 Å². The molecule has 2 aliphatic rings. The molecule has 2 nitrogen and oxygen atoms in total. The van der Waals surface area contributed by atoms with Crippen LogP contribution in [0.5, 0.6) is 0 Å². The van der Waals surface area contributed by atoms with Gasteiger partial charge in [-0.15, -0.1) is 0 Å². The second-order valence-electron chi connectivity index (χ2n) is 5.60. The number of hydrogen-bond acceptors (Lipinski definition) is 3. The third-order valence-electron chi connectivity index (χ3n) is 4.71. The predicted molar refractivity (Wildman–Crippen MR) is 80.4 cm³/mol. The molecule has 2 atom stereocenters. The highest BCUT2D eigenvalue weighted by Gasteiger charge is 2.44. The number of nitrogens with zero attached hydrogens (tertiary/aromatic N) is 1. The van der Waals surface area contributed by atoms with Crippen LogP contribution in [0.25, 0.3) is 0 Å². The van der Waals surface area contributed by atoms with Crippen LogP contribution < -0.4 is 10.6 Å². The molecule has 0 aliphatic carbocycles. The summed E-state index contributed by atoms with van der Waals surface area (Å²) in [5.74, 6) is 1.07. The van der Waals surface area contributed by atoms with E-state index in [2.05, 4.69) is 11.8 Å². The standard InChI is InChI=1S/C15H21FN2S/c1-11-15(10-17,6-2-8-19-11)18-7-5-12-3-4-13(16)9-14(12)18/h3-4,9,11H,2,5-8,10,17H2,1H3. The zero-order valence-corrected chi connectivity index (χ0v) is 12.2. The van der Waals surface area contributed by atoms with E-state index in [0.717, 1.165) is 25.1 Å². The van der Waals surface area contributed by atoms with Gasteiger partial charge in [0, 0.05) is 24.0 Å². The molecule has 3 rings (SSSR count). The van der Waals surface area contributed by atoms with Crippen LogP contribution in [-0.4, -0.2) is 29.6 Å². The van der Waals surface area contributed by atoms with Crippen molar-refractivity contribution < 1.29 is 4.39 Å². The molecule has 1 fully saturated rings. The summed E-state index contributed by atoms with van der Waals surface area (Å²) in [7, 11) is 0. The summed E-state index contributed by atoms with van der Waals surface area (Å²) in [5.41, 5.74) is 8.49. The van der Waals surface area contributed by atoms with Crippen LogP contribution in [0, 0.1) is 5.82 Å². The Labute approximate surface area is 118 Å². The third-order valence-corrected chi connectivity index (χ3v) is 6.18. The minimum Gasteiger partial charge on any atom is -0.363 e. The van der Waals surface area contributed by atoms with Crippen molar-refractivity contribution in [3.8, 4) is 0 Å². The van der Waals surface area contributed by atoms with Gasteiger partial charge in [0.1, 0.15) is 5.82 Å². The summed E-state index contributed by atoms with van der Waals surface area (Å²) in [4.78, 5) is 2.39. The lowest BCUT2D eigenvalue weighted by molar-refractivity contribution is 0.358. The smallest absolute Gasteiger partial charge is 0.125 e. The molecule has 4 heteroatoms. The van der Waals surface area contributed by atoms with E-state index >= 15 is 0 Å². The van der Waals surface area contributed by atoms with E-state index in [1.165, 1.54) is 17.7 Å². The van der Waals surface area contributed by atoms with E-state index in [0.29, 0.717) is 11.8 Å². The van der Waals surface area contributed by atoms with E-state index in [1.54, 1.807) is 12.1 Å². The van der Waals surface area contributed by atoms with Gasteiger partial charge in [0.25, 0.3) is 0 Å². The van der Waals surface area contributed by atoms with Crippen molar-refractivity contribution >= 4 is 17.4 Å². The SMILES string of the molecule is CC1SCCCC1(CN)N1CCc2ccc(F)cc21. The van der Waals surface area contributed by atoms with Crippen LogP contribution in [0.1, 0.15) is 25.3 Å². The Morgan fingerprint density at radius 1 is 1.53 bits per heavy atom. The van der Waals surface area contributed by atoms with Crippen molar-refractivity contribution in [3.05, 3.63) is 29.6 Å². The normalized spacial score (nSPS) is 30.5. The number of thioether (sulfide) groups is 1. The quantitative estimate of drug-likeness (QED) is 0.903. The topological polar surface area (TPSA) is 29.3 Å². The van der Waals surface area contributed by atoms with Gasteiger partial charge in [-0.3, -0.25) is 0 Å². The maximum atomic E-state index is 13.6. The van der Waals surface area contributed by atoms with Gasteiger partial charge in [-0.1, -0.05) is 13.0 Å². The number of nitrogens with two attached hydrogens (primary N) is 1. The predicted octanol–water partition coefficient (Wildman–Crippen LogP) is 2.80. The Hall–Kier alpha value is -0.740. The first kappa shape index (κ1) is 13.3. The molecule has 1 aromatic rings. The number of rotatable bonds is 2. The molecular formula is C15H21FN2S. The van der Waals surface area contributed by atoms with Crippen molar-refractivity contribution in [1.82, 2.24) is 0 Å². The van der Waals surface area contributed by atoms with E-state index in [9.17, 15) is 4.39 Å². The summed E-state index contributed by atoms with van der Waals surface area (Å²) in [6, 6.07) is 5.18. The molecule has 2 N–H and O–H groups in total. The summed E-state index contributed by atoms with van der Waals surface area (Å²) in [6.07, 6.45) is 3.33. The van der Waals surface area contributed by atoms with Gasteiger partial charge in [0.2, 0.25) is 0 Å². The Balaban J connectivity index is 2.00. The van der Waals surface area contributed by atoms with E-state index < -0.39 is 0 Å². The molecule has 1 saturated heterocycles. The maximum Gasteiger partial charge on any atom is 0.125 e. The Morgan fingerprint density at radius 3 is 3.11 bits per heavy atom. The number of fused-ring (bicyclic) bond motifs is 1. The largest absolute Gasteiger partial charge is 0.363 e. The highest BCUT2D eigenvalue weighted by atomic mass is 32.2. The average molecular weight is 280 g/mol. The molecule has 0 radical (unpaired) electrons. The molecule has 2 heterocycles. The van der Waals surface area contributed by atoms with Crippen LogP contribution >= 0.6 is 11.8 Å². The molecule has 2 aliphatic heterocycles. The molecule has 1 aromatic carbocycles. The molecule has 0 saturated carbocycles. The molecule has 0 bridgehead atoms. The molecule has 104 valence electrons. The summed E-state index contributed by atoms with van der Waals surface area (Å²) in [5, 5.41) is 0.500. The van der Waals surface area contributed by atoms with E-state index in [-0.39, 0.29) is 11.4 Å². The van der Waals surface area contributed by atoms with Gasteiger partial charge in [-0.05, 0) is 42.7 Å². The lowest BCUT2D eigenvalue weighted by Crippen LogP contribution is -2.60. The van der Waals surface area contributed by atoms with Gasteiger partial charge < -0.3 is 10.6 Å². The molecule has 0 amide bonds. The third kappa shape index (κ3) is 2.05. The zero-order chi connectivity index (χ0) is 13.5. The number of halogens is 1. The molecule has 0 spiro atoms. The van der Waals surface area contributed by atoms with Crippen LogP contribution in [0.3, 0.4) is 0 Å². The summed E-state index contributed by atoms with van der Waals surface area (Å²) in [6.45, 7) is 3.89. The monoisotopic (exact) mass is 280 g/mol. The highest BCUT2D eigenvalue weighted by molar-refractivity contribution is 8.00. The van der Waals surface area contributed by atoms with Gasteiger partial charge in [-0.25, -0.2) is 4.39 Å². The van der Waals surface area contributed by atoms with Gasteiger partial charge in [-0.2, -0.15) is 11.8 Å². The zero-order valence-electron chi connectivity index (χ0n) is 11.4. The van der Waals surface area contributed by atoms with Crippen LogP contribution in [0.15, 0.2) is 18.2 Å². The van der Waals surface area contributed by atoms with Crippen molar-refractivity contribution in [3.63, 3.8) is 0 Å². The highest BCUT2D eigenvalue weighted by Crippen LogP contribution is 2.43. The van der Waals surface area contributed by atoms with Gasteiger partial charge in [0.05, 0.1) is 5.54 Å². The van der Waals surface area contributed by atoms with Gasteiger partial charge in [0.15, 0.2) is 0 Å². The van der Waals surface area contributed by atoms with Crippen molar-refractivity contribution in [2.75, 3.05) is 23.7 Å². The lowest BCUT2D eigenvalue weighted by Gasteiger charge is -2.49. The molecule has 2 unspecified atom stereocenters. The van der Waals surface area contributed by atoms with Crippen molar-refractivity contribution in [1.29, 1.82) is 0 Å². The molecule has 0 aromatic heterocycles. The number of hydrogen-bond donors (Lipinski definition) is 1. The minimum atomic E-state index is -0.145. The second-order valence-corrected chi connectivity index (χ2v) is 7.05. The number of anilines is 1. The first-order valence-corrected chi connectivity index (χ1v) is 8.10. The fourth-order valence-electron chi connectivity index (χ4n) is 3.54. The average Bonchev–Trinajstić information content (AvgIpc) is 2.83. The minimum absolute atomic E-state index is 0.00194. The first-order chi connectivity index (χ1) is 9.17. The fourth-order valence-corrected chi connectivity index (χ4v) is 4.86. The Bertz CT molecular complexity index is 479. The first-order valence-electron chi connectivity index (χ1n) is 7.05. The van der Waals surface area contributed by atoms with Crippen molar-refractivity contribution in [2.24, 2.45) is 5.73 Å². The van der Waals surface area contributed by atoms with E-state index in [1.807, 2.05) is 17.8 Å². The second kappa shape index (κ2) is 4.98. The van der Waals surface area contributed by atoms with Gasteiger partial charge >= 0.3 is 0 Å². The molecular weight excluding hydrogens is 259 g/mol. The lowest BCUT2D eigenvalue weighted by atomic mass is 9.87. The maximum absolute atomic E-state index is 13.6.